The molecule has 2 N–H and O–H groups in total. The summed E-state index contributed by atoms with van der Waals surface area (Å²) in [6.45, 7) is 0.395. The maximum Gasteiger partial charge on any atom is 0.150 e. The molecule has 0 bridgehead atoms. The lowest BCUT2D eigenvalue weighted by atomic mass is 10.2. The van der Waals surface area contributed by atoms with E-state index in [1.54, 1.807) is 30.9 Å². The molecular weight excluding hydrogens is 226 g/mol. The molecule has 0 saturated carbocycles. The molecule has 0 aliphatic heterocycles. The topological polar surface area (TPSA) is 61.0 Å². The molecule has 0 unspecified atom stereocenters. The zero-order valence-corrected chi connectivity index (χ0v) is 9.19. The molecule has 2 heterocycles. The number of nitrogens with zero attached hydrogens (tertiary/aromatic N) is 2. The number of rotatable bonds is 3. The molecule has 4 nitrogen and oxygen atoms in total. The minimum atomic E-state index is 0.395. The summed E-state index contributed by atoms with van der Waals surface area (Å²) < 4.78 is 5.59. The molecular formula is C11H10ClN3O. The number of aromatic nitrogens is 2. The average Bonchev–Trinajstić information content (AvgIpc) is 2.30. The van der Waals surface area contributed by atoms with E-state index in [1.165, 1.54) is 0 Å². The highest BCUT2D eigenvalue weighted by atomic mass is 35.5. The quantitative estimate of drug-likeness (QED) is 0.887. The van der Waals surface area contributed by atoms with Gasteiger partial charge in [-0.2, -0.15) is 0 Å². The molecule has 0 aliphatic rings. The van der Waals surface area contributed by atoms with Crippen molar-refractivity contribution in [3.63, 3.8) is 0 Å². The Morgan fingerprint density at radius 3 is 2.88 bits per heavy atom. The van der Waals surface area contributed by atoms with Gasteiger partial charge in [0.25, 0.3) is 0 Å². The van der Waals surface area contributed by atoms with E-state index in [9.17, 15) is 0 Å². The molecule has 82 valence electrons. The summed E-state index contributed by atoms with van der Waals surface area (Å²) in [5.74, 6) is 1.18. The molecule has 2 aromatic heterocycles. The van der Waals surface area contributed by atoms with Crippen molar-refractivity contribution in [2.45, 2.75) is 6.54 Å². The van der Waals surface area contributed by atoms with Crippen molar-refractivity contribution in [3.8, 4) is 11.5 Å². The molecule has 2 aromatic rings. The third-order valence-corrected chi connectivity index (χ3v) is 2.20. The molecule has 0 fully saturated rings. The van der Waals surface area contributed by atoms with Crippen molar-refractivity contribution in [1.29, 1.82) is 0 Å². The van der Waals surface area contributed by atoms with Crippen molar-refractivity contribution < 1.29 is 4.74 Å². The van der Waals surface area contributed by atoms with Gasteiger partial charge in [0, 0.05) is 30.6 Å². The summed E-state index contributed by atoms with van der Waals surface area (Å²) in [7, 11) is 0. The largest absolute Gasteiger partial charge is 0.454 e. The molecule has 16 heavy (non-hydrogen) atoms. The van der Waals surface area contributed by atoms with E-state index in [0.717, 1.165) is 5.56 Å². The number of hydrogen-bond donors (Lipinski definition) is 1. The number of halogens is 1. The average molecular weight is 236 g/mol. The van der Waals surface area contributed by atoms with Gasteiger partial charge >= 0.3 is 0 Å². The molecule has 0 radical (unpaired) electrons. The van der Waals surface area contributed by atoms with E-state index in [4.69, 9.17) is 22.1 Å². The van der Waals surface area contributed by atoms with Crippen LogP contribution in [0, 0.1) is 0 Å². The van der Waals surface area contributed by atoms with Gasteiger partial charge in [-0.3, -0.25) is 9.97 Å². The second-order valence-corrected chi connectivity index (χ2v) is 3.56. The molecule has 0 atom stereocenters. The highest BCUT2D eigenvalue weighted by Gasteiger charge is 2.03. The van der Waals surface area contributed by atoms with Gasteiger partial charge in [-0.1, -0.05) is 11.6 Å². The number of ether oxygens (including phenoxy) is 1. The van der Waals surface area contributed by atoms with Gasteiger partial charge in [-0.15, -0.1) is 0 Å². The molecule has 0 aromatic carbocycles. The van der Waals surface area contributed by atoms with Crippen LogP contribution in [-0.2, 0) is 6.54 Å². The van der Waals surface area contributed by atoms with Crippen molar-refractivity contribution in [2.75, 3.05) is 0 Å². The molecule has 0 saturated heterocycles. The normalized spacial score (nSPS) is 10.1. The predicted molar refractivity (Wildman–Crippen MR) is 61.4 cm³/mol. The predicted octanol–water partition coefficient (Wildman–Crippen LogP) is 2.38. The van der Waals surface area contributed by atoms with E-state index < -0.39 is 0 Å². The van der Waals surface area contributed by atoms with Crippen LogP contribution in [0.3, 0.4) is 0 Å². The third kappa shape index (κ3) is 2.48. The van der Waals surface area contributed by atoms with E-state index in [2.05, 4.69) is 9.97 Å². The molecule has 2 rings (SSSR count). The first kappa shape index (κ1) is 10.9. The van der Waals surface area contributed by atoms with E-state index in [1.807, 2.05) is 6.07 Å². The zero-order valence-electron chi connectivity index (χ0n) is 8.43. The van der Waals surface area contributed by atoms with Gasteiger partial charge < -0.3 is 10.5 Å². The third-order valence-electron chi connectivity index (χ3n) is 2.00. The van der Waals surface area contributed by atoms with Crippen LogP contribution >= 0.6 is 11.6 Å². The first-order valence-electron chi connectivity index (χ1n) is 4.71. The monoisotopic (exact) mass is 235 g/mol. The molecule has 0 amide bonds. The van der Waals surface area contributed by atoms with Crippen LogP contribution in [0.1, 0.15) is 5.56 Å². The van der Waals surface area contributed by atoms with E-state index in [0.29, 0.717) is 23.1 Å². The van der Waals surface area contributed by atoms with Crippen LogP contribution in [0.4, 0.5) is 0 Å². The summed E-state index contributed by atoms with van der Waals surface area (Å²) in [5, 5.41) is 0.524. The van der Waals surface area contributed by atoms with Crippen molar-refractivity contribution >= 4 is 11.6 Å². The van der Waals surface area contributed by atoms with Gasteiger partial charge in [0.1, 0.15) is 11.5 Å². The van der Waals surface area contributed by atoms with Crippen molar-refractivity contribution in [1.82, 2.24) is 9.97 Å². The second-order valence-electron chi connectivity index (χ2n) is 3.13. The second kappa shape index (κ2) is 4.92. The Morgan fingerprint density at radius 2 is 2.12 bits per heavy atom. The van der Waals surface area contributed by atoms with Crippen LogP contribution in [0.15, 0.2) is 36.9 Å². The van der Waals surface area contributed by atoms with E-state index >= 15 is 0 Å². The van der Waals surface area contributed by atoms with Gasteiger partial charge in [-0.25, -0.2) is 0 Å². The fourth-order valence-corrected chi connectivity index (χ4v) is 1.41. The lowest BCUT2D eigenvalue weighted by Crippen LogP contribution is -1.99. The van der Waals surface area contributed by atoms with Crippen LogP contribution < -0.4 is 10.5 Å². The SMILES string of the molecule is NCc1ccncc1Oc1cncc(Cl)c1. The molecule has 0 spiro atoms. The number of nitrogens with two attached hydrogens (primary N) is 1. The van der Waals surface area contributed by atoms with Gasteiger partial charge in [0.05, 0.1) is 17.4 Å². The van der Waals surface area contributed by atoms with Gasteiger partial charge in [-0.05, 0) is 6.07 Å². The number of hydrogen-bond acceptors (Lipinski definition) is 4. The zero-order chi connectivity index (χ0) is 11.4. The van der Waals surface area contributed by atoms with E-state index in [-0.39, 0.29) is 0 Å². The molecule has 0 aliphatic carbocycles. The van der Waals surface area contributed by atoms with Crippen LogP contribution in [-0.4, -0.2) is 9.97 Å². The summed E-state index contributed by atoms with van der Waals surface area (Å²) in [6, 6.07) is 3.50. The highest BCUT2D eigenvalue weighted by Crippen LogP contribution is 2.25. The lowest BCUT2D eigenvalue weighted by Gasteiger charge is -2.08. The molecule has 5 heteroatoms. The summed E-state index contributed by atoms with van der Waals surface area (Å²) >= 11 is 5.80. The lowest BCUT2D eigenvalue weighted by molar-refractivity contribution is 0.471. The Kier molecular flexibility index (Phi) is 3.34. The standard InChI is InChI=1S/C11H10ClN3O/c12-9-3-10(6-15-5-9)16-11-7-14-2-1-8(11)4-13/h1-3,5-7H,4,13H2. The van der Waals surface area contributed by atoms with Crippen LogP contribution in [0.25, 0.3) is 0 Å². The first-order valence-corrected chi connectivity index (χ1v) is 5.09. The summed E-state index contributed by atoms with van der Waals surface area (Å²) in [4.78, 5) is 7.91. The van der Waals surface area contributed by atoms with Gasteiger partial charge in [0.2, 0.25) is 0 Å². The van der Waals surface area contributed by atoms with Gasteiger partial charge in [0.15, 0.2) is 0 Å². The maximum absolute atomic E-state index is 5.80. The number of pyridine rings is 2. The minimum absolute atomic E-state index is 0.395. The van der Waals surface area contributed by atoms with Crippen molar-refractivity contribution in [2.24, 2.45) is 5.73 Å². The Hall–Kier alpha value is -1.65. The highest BCUT2D eigenvalue weighted by molar-refractivity contribution is 6.30. The Bertz CT molecular complexity index is 490. The van der Waals surface area contributed by atoms with Crippen LogP contribution in [0.5, 0.6) is 11.5 Å². The van der Waals surface area contributed by atoms with Crippen molar-refractivity contribution in [3.05, 3.63) is 47.5 Å². The first-order chi connectivity index (χ1) is 7.79. The fraction of sp³-hybridized carbons (Fsp3) is 0.0909. The Labute approximate surface area is 98.0 Å². The minimum Gasteiger partial charge on any atom is -0.454 e. The fourth-order valence-electron chi connectivity index (χ4n) is 1.24. The smallest absolute Gasteiger partial charge is 0.150 e. The summed E-state index contributed by atoms with van der Waals surface area (Å²) in [5.41, 5.74) is 6.47. The Balaban J connectivity index is 2.26. The summed E-state index contributed by atoms with van der Waals surface area (Å²) in [6.07, 6.45) is 6.41. The maximum atomic E-state index is 5.80. The van der Waals surface area contributed by atoms with Crippen LogP contribution in [0.2, 0.25) is 5.02 Å². The Morgan fingerprint density at radius 1 is 1.25 bits per heavy atom.